The number of hydrogen-bond donors (Lipinski definition) is 2. The van der Waals surface area contributed by atoms with E-state index >= 15 is 0 Å². The molecule has 2 N–H and O–H groups in total. The summed E-state index contributed by atoms with van der Waals surface area (Å²) in [5, 5.41) is 5.49. The largest absolute Gasteiger partial charge is 0.457 e. The highest BCUT2D eigenvalue weighted by atomic mass is 32.2. The summed E-state index contributed by atoms with van der Waals surface area (Å²) in [6.45, 7) is 1.82. The number of nitrogens with one attached hydrogen (secondary N) is 2. The van der Waals surface area contributed by atoms with E-state index in [4.69, 9.17) is 4.74 Å². The quantitative estimate of drug-likeness (QED) is 0.852. The third kappa shape index (κ3) is 6.12. The average molecular weight is 332 g/mol. The molecule has 0 unspecified atom stereocenters. The molecule has 23 heavy (non-hydrogen) atoms. The minimum absolute atomic E-state index is 0.162. The van der Waals surface area contributed by atoms with Gasteiger partial charge in [0.15, 0.2) is 0 Å². The van der Waals surface area contributed by atoms with Crippen LogP contribution >= 0.6 is 0 Å². The average Bonchev–Trinajstić information content (AvgIpc) is 2.47. The number of carbonyl (C=O) groups is 1. The van der Waals surface area contributed by atoms with Crippen LogP contribution in [0.25, 0.3) is 0 Å². The van der Waals surface area contributed by atoms with Crippen molar-refractivity contribution in [1.82, 2.24) is 5.32 Å². The molecule has 2 atom stereocenters. The van der Waals surface area contributed by atoms with Crippen LogP contribution in [0, 0.1) is 0 Å². The fraction of sp³-hybridized carbons (Fsp3) is 0.235. The molecule has 0 saturated heterocycles. The van der Waals surface area contributed by atoms with Gasteiger partial charge in [-0.25, -0.2) is 4.79 Å². The lowest BCUT2D eigenvalue weighted by Crippen LogP contribution is -2.39. The fourth-order valence-corrected chi connectivity index (χ4v) is 2.83. The van der Waals surface area contributed by atoms with Crippen LogP contribution in [0.3, 0.4) is 0 Å². The molecular formula is C17H20N2O3S. The Bertz CT molecular complexity index is 677. The van der Waals surface area contributed by atoms with Crippen molar-refractivity contribution in [2.75, 3.05) is 17.3 Å². The number of benzene rings is 2. The first kappa shape index (κ1) is 17.0. The van der Waals surface area contributed by atoms with Gasteiger partial charge in [0, 0.05) is 40.6 Å². The number of para-hydroxylation sites is 1. The van der Waals surface area contributed by atoms with Gasteiger partial charge in [-0.3, -0.25) is 4.21 Å². The van der Waals surface area contributed by atoms with E-state index in [9.17, 15) is 9.00 Å². The van der Waals surface area contributed by atoms with Gasteiger partial charge in [-0.1, -0.05) is 24.3 Å². The van der Waals surface area contributed by atoms with Gasteiger partial charge < -0.3 is 15.4 Å². The van der Waals surface area contributed by atoms with Crippen molar-refractivity contribution >= 4 is 22.5 Å². The highest BCUT2D eigenvalue weighted by molar-refractivity contribution is 7.84. The van der Waals surface area contributed by atoms with Crippen LogP contribution in [-0.4, -0.2) is 28.3 Å². The number of carbonyl (C=O) groups excluding carboxylic acids is 1. The molecule has 6 heteroatoms. The number of rotatable bonds is 6. The lowest BCUT2D eigenvalue weighted by Gasteiger charge is -2.14. The summed E-state index contributed by atoms with van der Waals surface area (Å²) in [6, 6.07) is 16.1. The first-order valence-corrected chi connectivity index (χ1v) is 8.96. The third-order valence-corrected chi connectivity index (χ3v) is 3.90. The Balaban J connectivity index is 1.94. The van der Waals surface area contributed by atoms with Crippen LogP contribution in [-0.2, 0) is 10.8 Å². The molecule has 122 valence electrons. The van der Waals surface area contributed by atoms with Crippen LogP contribution in [0.4, 0.5) is 10.5 Å². The first-order valence-electron chi connectivity index (χ1n) is 7.23. The Labute approximate surface area is 138 Å². The summed E-state index contributed by atoms with van der Waals surface area (Å²) in [5.41, 5.74) is 0.626. The zero-order chi connectivity index (χ0) is 16.7. The van der Waals surface area contributed by atoms with E-state index in [2.05, 4.69) is 10.6 Å². The van der Waals surface area contributed by atoms with Crippen LogP contribution in [0.15, 0.2) is 54.6 Å². The van der Waals surface area contributed by atoms with Gasteiger partial charge in [0.25, 0.3) is 0 Å². The van der Waals surface area contributed by atoms with Gasteiger partial charge in [0.05, 0.1) is 0 Å². The van der Waals surface area contributed by atoms with Crippen LogP contribution < -0.4 is 15.4 Å². The first-order chi connectivity index (χ1) is 11.0. The predicted molar refractivity (Wildman–Crippen MR) is 93.5 cm³/mol. The van der Waals surface area contributed by atoms with Crippen LogP contribution in [0.1, 0.15) is 6.92 Å². The van der Waals surface area contributed by atoms with Crippen molar-refractivity contribution in [2.24, 2.45) is 0 Å². The maximum atomic E-state index is 11.9. The molecule has 0 aliphatic rings. The van der Waals surface area contributed by atoms with E-state index in [1.54, 1.807) is 24.5 Å². The Morgan fingerprint density at radius 1 is 1.13 bits per heavy atom. The molecule has 2 aromatic rings. The third-order valence-electron chi connectivity index (χ3n) is 2.93. The summed E-state index contributed by atoms with van der Waals surface area (Å²) in [6.07, 6.45) is 1.61. The zero-order valence-electron chi connectivity index (χ0n) is 13.1. The van der Waals surface area contributed by atoms with Crippen molar-refractivity contribution in [3.05, 3.63) is 54.6 Å². The molecule has 0 radical (unpaired) electrons. The minimum Gasteiger partial charge on any atom is -0.457 e. The molecule has 0 aromatic heterocycles. The molecule has 0 aliphatic carbocycles. The minimum atomic E-state index is -0.947. The summed E-state index contributed by atoms with van der Waals surface area (Å²) in [7, 11) is -0.947. The van der Waals surface area contributed by atoms with Gasteiger partial charge in [0.2, 0.25) is 0 Å². The monoisotopic (exact) mass is 332 g/mol. The lowest BCUT2D eigenvalue weighted by atomic mass is 10.3. The van der Waals surface area contributed by atoms with Gasteiger partial charge in [-0.15, -0.1) is 0 Å². The van der Waals surface area contributed by atoms with Crippen molar-refractivity contribution in [2.45, 2.75) is 13.0 Å². The number of hydrogen-bond acceptors (Lipinski definition) is 3. The predicted octanol–water partition coefficient (Wildman–Crippen LogP) is 3.37. The molecule has 0 saturated carbocycles. The number of ether oxygens (including phenoxy) is 1. The fourth-order valence-electron chi connectivity index (χ4n) is 2.05. The Morgan fingerprint density at radius 2 is 1.83 bits per heavy atom. The smallest absolute Gasteiger partial charge is 0.319 e. The number of anilines is 1. The summed E-state index contributed by atoms with van der Waals surface area (Å²) in [4.78, 5) is 11.9. The maximum Gasteiger partial charge on any atom is 0.319 e. The van der Waals surface area contributed by atoms with Gasteiger partial charge in [0.1, 0.15) is 11.5 Å². The second kappa shape index (κ2) is 8.33. The molecule has 0 fully saturated rings. The Kier molecular flexibility index (Phi) is 6.17. The highest BCUT2D eigenvalue weighted by Crippen LogP contribution is 2.23. The SMILES string of the molecule is C[C@@H](C[S@@](C)=O)NC(=O)Nc1cccc(Oc2ccccc2)c1. The van der Waals surface area contributed by atoms with Gasteiger partial charge in [-0.05, 0) is 31.2 Å². The molecule has 0 bridgehead atoms. The van der Waals surface area contributed by atoms with Crippen molar-refractivity contribution in [3.63, 3.8) is 0 Å². The zero-order valence-corrected chi connectivity index (χ0v) is 13.9. The number of amides is 2. The molecule has 2 rings (SSSR count). The maximum absolute atomic E-state index is 11.9. The van der Waals surface area contributed by atoms with Crippen LogP contribution in [0.5, 0.6) is 11.5 Å². The van der Waals surface area contributed by atoms with E-state index in [-0.39, 0.29) is 12.1 Å². The van der Waals surface area contributed by atoms with Gasteiger partial charge >= 0.3 is 6.03 Å². The normalized spacial score (nSPS) is 13.0. The van der Waals surface area contributed by atoms with E-state index < -0.39 is 10.8 Å². The number of urea groups is 1. The van der Waals surface area contributed by atoms with E-state index in [0.29, 0.717) is 17.2 Å². The highest BCUT2D eigenvalue weighted by Gasteiger charge is 2.09. The molecular weight excluding hydrogens is 312 g/mol. The van der Waals surface area contributed by atoms with Crippen molar-refractivity contribution in [1.29, 1.82) is 0 Å². The lowest BCUT2D eigenvalue weighted by molar-refractivity contribution is 0.250. The molecule has 5 nitrogen and oxygen atoms in total. The summed E-state index contributed by atoms with van der Waals surface area (Å²) >= 11 is 0. The standard InChI is InChI=1S/C17H20N2O3S/c1-13(12-23(2)21)18-17(20)19-14-7-6-10-16(11-14)22-15-8-4-3-5-9-15/h3-11,13H,12H2,1-2H3,(H2,18,19,20)/t13-,23+/m0/s1. The van der Waals surface area contributed by atoms with E-state index in [0.717, 1.165) is 5.75 Å². The second-order valence-corrected chi connectivity index (χ2v) is 6.66. The summed E-state index contributed by atoms with van der Waals surface area (Å²) in [5.74, 6) is 1.79. The molecule has 0 spiro atoms. The van der Waals surface area contributed by atoms with Crippen molar-refractivity contribution in [3.8, 4) is 11.5 Å². The van der Waals surface area contributed by atoms with Crippen LogP contribution in [0.2, 0.25) is 0 Å². The Hall–Kier alpha value is -2.34. The Morgan fingerprint density at radius 3 is 2.52 bits per heavy atom. The molecule has 2 aromatic carbocycles. The molecule has 0 aliphatic heterocycles. The van der Waals surface area contributed by atoms with E-state index in [1.165, 1.54) is 0 Å². The molecule has 0 heterocycles. The molecule has 2 amide bonds. The second-order valence-electron chi connectivity index (χ2n) is 5.18. The summed E-state index contributed by atoms with van der Waals surface area (Å²) < 4.78 is 16.9. The van der Waals surface area contributed by atoms with Gasteiger partial charge in [-0.2, -0.15) is 0 Å². The van der Waals surface area contributed by atoms with Crippen molar-refractivity contribution < 1.29 is 13.7 Å². The van der Waals surface area contributed by atoms with E-state index in [1.807, 2.05) is 43.3 Å². The topological polar surface area (TPSA) is 67.4 Å².